The molecule has 4 nitrogen and oxygen atoms in total. The average molecular weight is 247 g/mol. The number of amides is 1. The van der Waals surface area contributed by atoms with Gasteiger partial charge in [0.1, 0.15) is 6.04 Å². The third-order valence-electron chi connectivity index (χ3n) is 3.56. The van der Waals surface area contributed by atoms with Crippen molar-refractivity contribution >= 4 is 5.91 Å². The topological polar surface area (TPSA) is 58.4 Å². The van der Waals surface area contributed by atoms with Crippen LogP contribution in [0.1, 0.15) is 18.4 Å². The molecule has 1 aromatic rings. The van der Waals surface area contributed by atoms with E-state index in [0.717, 1.165) is 19.6 Å². The predicted molar refractivity (Wildman–Crippen MR) is 72.3 cm³/mol. The van der Waals surface area contributed by atoms with Gasteiger partial charge in [-0.25, -0.2) is 0 Å². The normalized spacial score (nSPS) is 22.6. The molecule has 18 heavy (non-hydrogen) atoms. The van der Waals surface area contributed by atoms with Gasteiger partial charge < -0.3 is 11.1 Å². The van der Waals surface area contributed by atoms with Crippen LogP contribution in [-0.2, 0) is 4.79 Å². The summed E-state index contributed by atoms with van der Waals surface area (Å²) in [4.78, 5) is 13.6. The Bertz CT molecular complexity index is 393. The fourth-order valence-corrected chi connectivity index (χ4v) is 2.48. The first kappa shape index (κ1) is 13.1. The van der Waals surface area contributed by atoms with E-state index in [0.29, 0.717) is 12.5 Å². The summed E-state index contributed by atoms with van der Waals surface area (Å²) in [5, 5.41) is 3.22. The van der Waals surface area contributed by atoms with Crippen molar-refractivity contribution in [3.63, 3.8) is 0 Å². The summed E-state index contributed by atoms with van der Waals surface area (Å²) in [6.07, 6.45) is 0. The summed E-state index contributed by atoms with van der Waals surface area (Å²) < 4.78 is 0. The largest absolute Gasteiger partial charge is 0.368 e. The molecule has 2 rings (SSSR count). The molecule has 1 heterocycles. The summed E-state index contributed by atoms with van der Waals surface area (Å²) in [5.41, 5.74) is 6.76. The molecular weight excluding hydrogens is 226 g/mol. The van der Waals surface area contributed by atoms with Crippen LogP contribution in [0.25, 0.3) is 0 Å². The maximum Gasteiger partial charge on any atom is 0.236 e. The number of benzene rings is 1. The molecule has 1 aromatic carbocycles. The van der Waals surface area contributed by atoms with Crippen LogP contribution >= 0.6 is 0 Å². The molecule has 0 spiro atoms. The van der Waals surface area contributed by atoms with E-state index in [9.17, 15) is 4.79 Å². The van der Waals surface area contributed by atoms with Gasteiger partial charge in [-0.2, -0.15) is 0 Å². The number of rotatable bonds is 4. The Hall–Kier alpha value is -1.39. The average Bonchev–Trinajstić information content (AvgIpc) is 2.40. The molecule has 98 valence electrons. The minimum Gasteiger partial charge on any atom is -0.368 e. The summed E-state index contributed by atoms with van der Waals surface area (Å²) in [6.45, 7) is 5.53. The lowest BCUT2D eigenvalue weighted by molar-refractivity contribution is -0.123. The number of carbonyl (C=O) groups excluding carboxylic acids is 1. The molecule has 1 amide bonds. The number of nitrogens with zero attached hydrogens (tertiary/aromatic N) is 1. The Morgan fingerprint density at radius 2 is 2.22 bits per heavy atom. The van der Waals surface area contributed by atoms with Crippen LogP contribution in [0, 0.1) is 0 Å². The van der Waals surface area contributed by atoms with Crippen LogP contribution in [0.4, 0.5) is 0 Å². The standard InChI is InChI=1S/C14H21N3O/c1-11(12-5-3-2-4-6-12)10-17-8-7-16-9-13(17)14(15)18/h2-6,11,13,16H,7-10H2,1H3,(H2,15,18). The summed E-state index contributed by atoms with van der Waals surface area (Å²) in [5.74, 6) is 0.175. The lowest BCUT2D eigenvalue weighted by Crippen LogP contribution is -2.57. The molecule has 4 heteroatoms. The van der Waals surface area contributed by atoms with Crippen molar-refractivity contribution in [2.75, 3.05) is 26.2 Å². The first-order chi connectivity index (χ1) is 8.68. The number of hydrogen-bond donors (Lipinski definition) is 2. The predicted octanol–water partition coefficient (Wildman–Crippen LogP) is 0.549. The number of piperazine rings is 1. The second kappa shape index (κ2) is 5.98. The van der Waals surface area contributed by atoms with Crippen molar-refractivity contribution in [3.8, 4) is 0 Å². The molecule has 0 saturated carbocycles. The van der Waals surface area contributed by atoms with Crippen LogP contribution in [0.2, 0.25) is 0 Å². The molecule has 2 unspecified atom stereocenters. The first-order valence-electron chi connectivity index (χ1n) is 6.47. The lowest BCUT2D eigenvalue weighted by Gasteiger charge is -2.35. The Morgan fingerprint density at radius 3 is 2.89 bits per heavy atom. The minimum atomic E-state index is -0.234. The highest BCUT2D eigenvalue weighted by Gasteiger charge is 2.27. The van der Waals surface area contributed by atoms with E-state index in [1.165, 1.54) is 5.56 Å². The zero-order chi connectivity index (χ0) is 13.0. The lowest BCUT2D eigenvalue weighted by atomic mass is 9.99. The van der Waals surface area contributed by atoms with Crippen LogP contribution in [-0.4, -0.2) is 43.0 Å². The molecule has 1 fully saturated rings. The van der Waals surface area contributed by atoms with Gasteiger partial charge in [0, 0.05) is 26.2 Å². The molecular formula is C14H21N3O. The van der Waals surface area contributed by atoms with E-state index < -0.39 is 0 Å². The maximum absolute atomic E-state index is 11.4. The summed E-state index contributed by atoms with van der Waals surface area (Å²) in [7, 11) is 0. The van der Waals surface area contributed by atoms with Crippen molar-refractivity contribution in [1.82, 2.24) is 10.2 Å². The van der Waals surface area contributed by atoms with Gasteiger partial charge in [0.05, 0.1) is 0 Å². The quantitative estimate of drug-likeness (QED) is 0.817. The van der Waals surface area contributed by atoms with Gasteiger partial charge >= 0.3 is 0 Å². The zero-order valence-corrected chi connectivity index (χ0v) is 10.8. The monoisotopic (exact) mass is 247 g/mol. The van der Waals surface area contributed by atoms with Crippen molar-refractivity contribution in [3.05, 3.63) is 35.9 Å². The Balaban J connectivity index is 2.01. The molecule has 0 aliphatic carbocycles. The van der Waals surface area contributed by atoms with E-state index in [4.69, 9.17) is 5.73 Å². The van der Waals surface area contributed by atoms with Crippen LogP contribution < -0.4 is 11.1 Å². The van der Waals surface area contributed by atoms with Crippen molar-refractivity contribution in [2.45, 2.75) is 18.9 Å². The van der Waals surface area contributed by atoms with Gasteiger partial charge in [-0.1, -0.05) is 37.3 Å². The van der Waals surface area contributed by atoms with Gasteiger partial charge in [-0.3, -0.25) is 9.69 Å². The highest BCUT2D eigenvalue weighted by atomic mass is 16.1. The number of hydrogen-bond acceptors (Lipinski definition) is 3. The van der Waals surface area contributed by atoms with E-state index in [1.54, 1.807) is 0 Å². The van der Waals surface area contributed by atoms with E-state index >= 15 is 0 Å². The van der Waals surface area contributed by atoms with Crippen molar-refractivity contribution in [2.24, 2.45) is 5.73 Å². The fourth-order valence-electron chi connectivity index (χ4n) is 2.48. The molecule has 1 saturated heterocycles. The third-order valence-corrected chi connectivity index (χ3v) is 3.56. The SMILES string of the molecule is CC(CN1CCNCC1C(N)=O)c1ccccc1. The smallest absolute Gasteiger partial charge is 0.236 e. The van der Waals surface area contributed by atoms with Gasteiger partial charge in [0.15, 0.2) is 0 Å². The minimum absolute atomic E-state index is 0.176. The number of carbonyl (C=O) groups is 1. The molecule has 3 N–H and O–H groups in total. The van der Waals surface area contributed by atoms with E-state index in [1.807, 2.05) is 6.07 Å². The second-order valence-electron chi connectivity index (χ2n) is 4.93. The van der Waals surface area contributed by atoms with Crippen LogP contribution in [0.15, 0.2) is 30.3 Å². The molecule has 0 aromatic heterocycles. The van der Waals surface area contributed by atoms with Crippen molar-refractivity contribution in [1.29, 1.82) is 0 Å². The molecule has 2 atom stereocenters. The highest BCUT2D eigenvalue weighted by molar-refractivity contribution is 5.80. The zero-order valence-electron chi connectivity index (χ0n) is 10.8. The number of primary amides is 1. The third kappa shape index (κ3) is 3.09. The van der Waals surface area contributed by atoms with Crippen LogP contribution in [0.5, 0.6) is 0 Å². The molecule has 1 aliphatic rings. The van der Waals surface area contributed by atoms with E-state index in [-0.39, 0.29) is 11.9 Å². The van der Waals surface area contributed by atoms with Gasteiger partial charge in [-0.15, -0.1) is 0 Å². The van der Waals surface area contributed by atoms with Crippen LogP contribution in [0.3, 0.4) is 0 Å². The Morgan fingerprint density at radius 1 is 1.50 bits per heavy atom. The maximum atomic E-state index is 11.4. The second-order valence-corrected chi connectivity index (χ2v) is 4.93. The molecule has 0 radical (unpaired) electrons. The molecule has 1 aliphatic heterocycles. The number of nitrogens with one attached hydrogen (secondary N) is 1. The summed E-state index contributed by atoms with van der Waals surface area (Å²) >= 11 is 0. The Kier molecular flexibility index (Phi) is 4.33. The Labute approximate surface area is 108 Å². The van der Waals surface area contributed by atoms with Gasteiger partial charge in [-0.05, 0) is 11.5 Å². The fraction of sp³-hybridized carbons (Fsp3) is 0.500. The first-order valence-corrected chi connectivity index (χ1v) is 6.47. The van der Waals surface area contributed by atoms with Crippen molar-refractivity contribution < 1.29 is 4.79 Å². The molecule has 0 bridgehead atoms. The highest BCUT2D eigenvalue weighted by Crippen LogP contribution is 2.17. The van der Waals surface area contributed by atoms with Gasteiger partial charge in [0.25, 0.3) is 0 Å². The summed E-state index contributed by atoms with van der Waals surface area (Å²) in [6, 6.07) is 10.2. The number of nitrogens with two attached hydrogens (primary N) is 1. The van der Waals surface area contributed by atoms with E-state index in [2.05, 4.69) is 41.4 Å². The van der Waals surface area contributed by atoms with Gasteiger partial charge in [0.2, 0.25) is 5.91 Å².